The van der Waals surface area contributed by atoms with Gasteiger partial charge in [-0.05, 0) is 12.1 Å². The van der Waals surface area contributed by atoms with Gasteiger partial charge in [-0.2, -0.15) is 13.2 Å². The Morgan fingerprint density at radius 3 is 2.50 bits per heavy atom. The molecule has 20 heavy (non-hydrogen) atoms. The molecule has 0 aromatic heterocycles. The summed E-state index contributed by atoms with van der Waals surface area (Å²) in [5.74, 6) is -2.68. The van der Waals surface area contributed by atoms with Gasteiger partial charge in [-0.1, -0.05) is 6.07 Å². The van der Waals surface area contributed by atoms with E-state index in [4.69, 9.17) is 9.47 Å². The molecule has 7 heteroatoms. The number of ether oxygens (including phenoxy) is 2. The number of hydrogen-bond donors (Lipinski definition) is 0. The Bertz CT molecular complexity index is 493. The zero-order valence-electron chi connectivity index (χ0n) is 10.4. The van der Waals surface area contributed by atoms with Crippen LogP contribution in [-0.2, 0) is 15.7 Å². The summed E-state index contributed by atoms with van der Waals surface area (Å²) in [6.07, 6.45) is -4.40. The largest absolute Gasteiger partial charge is 0.459 e. The van der Waals surface area contributed by atoms with Crippen LogP contribution in [0.1, 0.15) is 28.8 Å². The van der Waals surface area contributed by atoms with Crippen LogP contribution in [-0.4, -0.2) is 25.3 Å². The summed E-state index contributed by atoms with van der Waals surface area (Å²) in [6, 6.07) is 2.54. The zero-order chi connectivity index (χ0) is 14.8. The lowest BCUT2D eigenvalue weighted by Crippen LogP contribution is -2.26. The van der Waals surface area contributed by atoms with Crippen LogP contribution in [0.3, 0.4) is 0 Å². The van der Waals surface area contributed by atoms with E-state index in [9.17, 15) is 22.4 Å². The average molecular weight is 292 g/mol. The van der Waals surface area contributed by atoms with Crippen molar-refractivity contribution in [3.8, 4) is 0 Å². The van der Waals surface area contributed by atoms with E-state index in [-0.39, 0.29) is 0 Å². The SMILES string of the molecule is O=C(OC1CCOCC1)c1cccc(C(F)(F)F)c1F. The lowest BCUT2D eigenvalue weighted by molar-refractivity contribution is -0.140. The van der Waals surface area contributed by atoms with E-state index in [0.29, 0.717) is 32.1 Å². The van der Waals surface area contributed by atoms with Crippen LogP contribution >= 0.6 is 0 Å². The van der Waals surface area contributed by atoms with Gasteiger partial charge in [0.2, 0.25) is 0 Å². The number of carbonyl (C=O) groups is 1. The molecule has 2 rings (SSSR count). The molecule has 0 aliphatic carbocycles. The monoisotopic (exact) mass is 292 g/mol. The maximum atomic E-state index is 13.7. The third-order valence-corrected chi connectivity index (χ3v) is 2.97. The highest BCUT2D eigenvalue weighted by Crippen LogP contribution is 2.32. The van der Waals surface area contributed by atoms with Crippen LogP contribution in [0.2, 0.25) is 0 Å². The Balaban J connectivity index is 2.17. The lowest BCUT2D eigenvalue weighted by atomic mass is 10.1. The maximum absolute atomic E-state index is 13.7. The number of hydrogen-bond acceptors (Lipinski definition) is 3. The molecule has 0 N–H and O–H groups in total. The van der Waals surface area contributed by atoms with Gasteiger partial charge < -0.3 is 9.47 Å². The fraction of sp³-hybridized carbons (Fsp3) is 0.462. The first-order valence-corrected chi connectivity index (χ1v) is 6.04. The molecule has 0 amide bonds. The molecule has 0 unspecified atom stereocenters. The molecule has 0 radical (unpaired) electrons. The minimum Gasteiger partial charge on any atom is -0.459 e. The predicted molar refractivity (Wildman–Crippen MR) is 60.7 cm³/mol. The first-order valence-electron chi connectivity index (χ1n) is 6.04. The van der Waals surface area contributed by atoms with Crippen molar-refractivity contribution in [2.75, 3.05) is 13.2 Å². The molecule has 1 aromatic rings. The van der Waals surface area contributed by atoms with E-state index in [2.05, 4.69) is 0 Å². The van der Waals surface area contributed by atoms with Crippen molar-refractivity contribution in [1.29, 1.82) is 0 Å². The summed E-state index contributed by atoms with van der Waals surface area (Å²) in [5, 5.41) is 0. The topological polar surface area (TPSA) is 35.5 Å². The zero-order valence-corrected chi connectivity index (χ0v) is 10.4. The van der Waals surface area contributed by atoms with Crippen molar-refractivity contribution in [2.45, 2.75) is 25.1 Å². The standard InChI is InChI=1S/C13H12F4O3/c14-11-9(2-1-3-10(11)13(15,16)17)12(18)20-8-4-6-19-7-5-8/h1-3,8H,4-7H2. The molecular formula is C13H12F4O3. The fourth-order valence-electron chi connectivity index (χ4n) is 1.92. The second-order valence-corrected chi connectivity index (χ2v) is 4.38. The summed E-state index contributed by atoms with van der Waals surface area (Å²) in [4.78, 5) is 11.7. The number of halogens is 4. The number of esters is 1. The molecule has 0 atom stereocenters. The average Bonchev–Trinajstić information content (AvgIpc) is 2.38. The Labute approximate surface area is 112 Å². The number of rotatable bonds is 2. The van der Waals surface area contributed by atoms with Crippen molar-refractivity contribution in [3.63, 3.8) is 0 Å². The summed E-state index contributed by atoms with van der Waals surface area (Å²) in [7, 11) is 0. The Morgan fingerprint density at radius 2 is 1.90 bits per heavy atom. The van der Waals surface area contributed by atoms with Gasteiger partial charge in [0.25, 0.3) is 0 Å². The molecule has 1 fully saturated rings. The molecule has 0 saturated carbocycles. The van der Waals surface area contributed by atoms with Crippen molar-refractivity contribution in [1.82, 2.24) is 0 Å². The highest BCUT2D eigenvalue weighted by molar-refractivity contribution is 5.90. The van der Waals surface area contributed by atoms with E-state index >= 15 is 0 Å². The molecule has 3 nitrogen and oxygen atoms in total. The van der Waals surface area contributed by atoms with Gasteiger partial charge in [0, 0.05) is 12.8 Å². The maximum Gasteiger partial charge on any atom is 0.419 e. The van der Waals surface area contributed by atoms with Gasteiger partial charge in [-0.15, -0.1) is 0 Å². The van der Waals surface area contributed by atoms with Gasteiger partial charge >= 0.3 is 12.1 Å². The van der Waals surface area contributed by atoms with E-state index in [1.54, 1.807) is 0 Å². The summed E-state index contributed by atoms with van der Waals surface area (Å²) >= 11 is 0. The predicted octanol–water partition coefficient (Wildman–Crippen LogP) is 3.18. The molecule has 1 aliphatic rings. The van der Waals surface area contributed by atoms with Crippen LogP contribution in [0, 0.1) is 5.82 Å². The first-order chi connectivity index (χ1) is 9.39. The van der Waals surface area contributed by atoms with Crippen molar-refractivity contribution >= 4 is 5.97 Å². The minimum absolute atomic E-state index is 0.406. The van der Waals surface area contributed by atoms with Gasteiger partial charge in [0.1, 0.15) is 11.9 Å². The molecule has 0 bridgehead atoms. The number of alkyl halides is 3. The molecule has 0 spiro atoms. The van der Waals surface area contributed by atoms with Gasteiger partial charge in [0.05, 0.1) is 24.3 Å². The van der Waals surface area contributed by atoms with Crippen molar-refractivity contribution in [2.24, 2.45) is 0 Å². The Hall–Kier alpha value is -1.63. The molecule has 1 saturated heterocycles. The second-order valence-electron chi connectivity index (χ2n) is 4.38. The second kappa shape index (κ2) is 5.78. The van der Waals surface area contributed by atoms with Crippen LogP contribution < -0.4 is 0 Å². The lowest BCUT2D eigenvalue weighted by Gasteiger charge is -2.22. The third kappa shape index (κ3) is 3.27. The normalized spacial score (nSPS) is 17.0. The molecular weight excluding hydrogens is 280 g/mol. The van der Waals surface area contributed by atoms with E-state index in [1.165, 1.54) is 0 Å². The smallest absolute Gasteiger partial charge is 0.419 e. The number of benzene rings is 1. The van der Waals surface area contributed by atoms with Crippen LogP contribution in [0.15, 0.2) is 18.2 Å². The Morgan fingerprint density at radius 1 is 1.25 bits per heavy atom. The summed E-state index contributed by atoms with van der Waals surface area (Å²) in [5.41, 5.74) is -2.18. The molecule has 110 valence electrons. The quantitative estimate of drug-likeness (QED) is 0.620. The molecule has 1 aromatic carbocycles. The van der Waals surface area contributed by atoms with Crippen LogP contribution in [0.25, 0.3) is 0 Å². The van der Waals surface area contributed by atoms with Gasteiger partial charge in [-0.25, -0.2) is 9.18 Å². The first kappa shape index (κ1) is 14.8. The summed E-state index contributed by atoms with van der Waals surface area (Å²) in [6.45, 7) is 0.812. The third-order valence-electron chi connectivity index (χ3n) is 2.97. The number of carbonyl (C=O) groups excluding carboxylic acids is 1. The van der Waals surface area contributed by atoms with Gasteiger partial charge in [-0.3, -0.25) is 0 Å². The summed E-state index contributed by atoms with van der Waals surface area (Å²) < 4.78 is 61.4. The highest BCUT2D eigenvalue weighted by atomic mass is 19.4. The fourth-order valence-corrected chi connectivity index (χ4v) is 1.92. The van der Waals surface area contributed by atoms with Crippen LogP contribution in [0.5, 0.6) is 0 Å². The van der Waals surface area contributed by atoms with Crippen LogP contribution in [0.4, 0.5) is 17.6 Å². The van der Waals surface area contributed by atoms with Crippen molar-refractivity contribution < 1.29 is 31.8 Å². The highest BCUT2D eigenvalue weighted by Gasteiger charge is 2.36. The Kier molecular flexibility index (Phi) is 4.27. The van der Waals surface area contributed by atoms with Gasteiger partial charge in [0.15, 0.2) is 0 Å². The van der Waals surface area contributed by atoms with E-state index in [1.807, 2.05) is 0 Å². The van der Waals surface area contributed by atoms with E-state index < -0.39 is 35.2 Å². The minimum atomic E-state index is -4.85. The molecule has 1 heterocycles. The van der Waals surface area contributed by atoms with E-state index in [0.717, 1.165) is 12.1 Å². The molecule has 1 aliphatic heterocycles. The van der Waals surface area contributed by atoms with Crippen molar-refractivity contribution in [3.05, 3.63) is 35.1 Å².